The van der Waals surface area contributed by atoms with E-state index in [1.54, 1.807) is 68.0 Å². The number of carbonyl (C=O) groups excluding carboxylic acids is 2. The molecule has 0 aliphatic rings. The molecule has 4 aromatic rings. The van der Waals surface area contributed by atoms with Crippen LogP contribution in [0.15, 0.2) is 75.0 Å². The molecule has 0 radical (unpaired) electrons. The van der Waals surface area contributed by atoms with Crippen molar-refractivity contribution in [3.05, 3.63) is 72.2 Å². The molecule has 0 saturated carbocycles. The van der Waals surface area contributed by atoms with E-state index < -0.39 is 0 Å². The van der Waals surface area contributed by atoms with E-state index in [-0.39, 0.29) is 23.9 Å². The maximum absolute atomic E-state index is 12.6. The summed E-state index contributed by atoms with van der Waals surface area (Å²) in [4.78, 5) is 28.7. The number of Topliss-reactive ketones (excluding diaryl/α,β-unsaturated/α-hetero) is 1. The molecule has 0 fully saturated rings. The summed E-state index contributed by atoms with van der Waals surface area (Å²) in [6.45, 7) is 2.10. The first kappa shape index (κ1) is 21.5. The fourth-order valence-electron chi connectivity index (χ4n) is 2.94. The Morgan fingerprint density at radius 2 is 1.62 bits per heavy atom. The molecule has 0 N–H and O–H groups in total. The highest BCUT2D eigenvalue weighted by atomic mass is 32.2. The number of thioether (sulfide) groups is 1. The highest BCUT2D eigenvalue weighted by molar-refractivity contribution is 7.99. The van der Waals surface area contributed by atoms with Crippen LogP contribution in [-0.4, -0.2) is 39.3 Å². The number of nitrogens with zero attached hydrogens (tertiary/aromatic N) is 3. The van der Waals surface area contributed by atoms with E-state index in [4.69, 9.17) is 13.6 Å². The molecule has 0 spiro atoms. The third-order valence-electron chi connectivity index (χ3n) is 4.44. The summed E-state index contributed by atoms with van der Waals surface area (Å²) < 4.78 is 15.8. The van der Waals surface area contributed by atoms with Gasteiger partial charge in [0.1, 0.15) is 5.69 Å². The Morgan fingerprint density at radius 3 is 2.25 bits per heavy atom. The summed E-state index contributed by atoms with van der Waals surface area (Å²) in [7, 11) is 0. The number of aromatic nitrogens is 3. The fraction of sp³-hybridized carbons (Fsp3) is 0.174. The van der Waals surface area contributed by atoms with Gasteiger partial charge in [-0.25, -0.2) is 4.98 Å². The van der Waals surface area contributed by atoms with E-state index in [1.807, 2.05) is 0 Å². The van der Waals surface area contributed by atoms with Crippen molar-refractivity contribution in [2.24, 2.45) is 0 Å². The summed E-state index contributed by atoms with van der Waals surface area (Å²) in [5, 5.41) is 8.72. The Morgan fingerprint density at radius 1 is 0.938 bits per heavy atom. The van der Waals surface area contributed by atoms with Crippen molar-refractivity contribution in [2.45, 2.75) is 18.5 Å². The molecular weight excluding hydrogens is 430 g/mol. The van der Waals surface area contributed by atoms with Crippen LogP contribution >= 0.6 is 11.8 Å². The summed E-state index contributed by atoms with van der Waals surface area (Å²) in [6, 6.07) is 13.9. The van der Waals surface area contributed by atoms with E-state index in [0.29, 0.717) is 40.2 Å². The number of ketones is 1. The highest BCUT2D eigenvalue weighted by Gasteiger charge is 2.18. The van der Waals surface area contributed by atoms with Gasteiger partial charge < -0.3 is 13.6 Å². The molecule has 4 rings (SSSR count). The third kappa shape index (κ3) is 5.12. The molecule has 32 heavy (non-hydrogen) atoms. The zero-order chi connectivity index (χ0) is 22.3. The van der Waals surface area contributed by atoms with Gasteiger partial charge >= 0.3 is 5.97 Å². The van der Waals surface area contributed by atoms with E-state index in [1.165, 1.54) is 11.8 Å². The minimum atomic E-state index is -0.294. The second-order valence-electron chi connectivity index (χ2n) is 6.64. The van der Waals surface area contributed by atoms with Gasteiger partial charge in [-0.15, -0.1) is 10.2 Å². The van der Waals surface area contributed by atoms with Gasteiger partial charge in [-0.3, -0.25) is 9.59 Å². The zero-order valence-electron chi connectivity index (χ0n) is 17.2. The predicted molar refractivity (Wildman–Crippen MR) is 117 cm³/mol. The van der Waals surface area contributed by atoms with Crippen molar-refractivity contribution in [1.82, 2.24) is 15.2 Å². The lowest BCUT2D eigenvalue weighted by molar-refractivity contribution is -0.142. The largest absolute Gasteiger partial charge is 0.466 e. The number of carbonyl (C=O) groups is 2. The number of benzene rings is 1. The van der Waals surface area contributed by atoms with E-state index in [0.717, 1.165) is 5.56 Å². The van der Waals surface area contributed by atoms with Gasteiger partial charge in [-0.05, 0) is 36.8 Å². The minimum Gasteiger partial charge on any atom is -0.466 e. The molecule has 162 valence electrons. The number of esters is 1. The maximum atomic E-state index is 12.6. The quantitative estimate of drug-likeness (QED) is 0.208. The second-order valence-corrected chi connectivity index (χ2v) is 7.58. The van der Waals surface area contributed by atoms with Crippen molar-refractivity contribution in [3.63, 3.8) is 0 Å². The molecule has 0 saturated heterocycles. The first-order valence-electron chi connectivity index (χ1n) is 9.87. The first-order valence-corrected chi connectivity index (χ1v) is 10.9. The van der Waals surface area contributed by atoms with Gasteiger partial charge in [-0.1, -0.05) is 36.0 Å². The molecule has 0 aliphatic heterocycles. The van der Waals surface area contributed by atoms with Gasteiger partial charge in [0.25, 0.3) is 0 Å². The number of hydrogen-bond acceptors (Lipinski definition) is 9. The number of rotatable bonds is 9. The van der Waals surface area contributed by atoms with Crippen LogP contribution in [0.5, 0.6) is 0 Å². The van der Waals surface area contributed by atoms with E-state index in [9.17, 15) is 9.59 Å². The Bertz CT molecular complexity index is 1190. The van der Waals surface area contributed by atoms with E-state index in [2.05, 4.69) is 15.2 Å². The number of ether oxygens (including phenoxy) is 1. The van der Waals surface area contributed by atoms with Gasteiger partial charge in [-0.2, -0.15) is 0 Å². The van der Waals surface area contributed by atoms with Crippen LogP contribution < -0.4 is 0 Å². The molecule has 0 amide bonds. The molecular formula is C23H19N3O5S. The van der Waals surface area contributed by atoms with Crippen LogP contribution in [0.4, 0.5) is 0 Å². The SMILES string of the molecule is CCOC(=O)Cc1ccc(C(=O)CSc2nnc(-c3ccco3)c(-c3ccco3)n2)cc1. The van der Waals surface area contributed by atoms with Gasteiger partial charge in [0, 0.05) is 5.56 Å². The van der Waals surface area contributed by atoms with Gasteiger partial charge in [0.15, 0.2) is 23.0 Å². The minimum absolute atomic E-state index is 0.0871. The Kier molecular flexibility index (Phi) is 6.76. The van der Waals surface area contributed by atoms with Crippen LogP contribution in [0.2, 0.25) is 0 Å². The van der Waals surface area contributed by atoms with Gasteiger partial charge in [0.2, 0.25) is 5.16 Å². The lowest BCUT2D eigenvalue weighted by Gasteiger charge is -2.06. The monoisotopic (exact) mass is 449 g/mol. The molecule has 0 unspecified atom stereocenters. The van der Waals surface area contributed by atoms with Crippen LogP contribution in [0.1, 0.15) is 22.8 Å². The molecule has 0 aliphatic carbocycles. The third-order valence-corrected chi connectivity index (χ3v) is 5.28. The zero-order valence-corrected chi connectivity index (χ0v) is 18.0. The average molecular weight is 449 g/mol. The number of furan rings is 2. The van der Waals surface area contributed by atoms with Crippen molar-refractivity contribution in [2.75, 3.05) is 12.4 Å². The van der Waals surface area contributed by atoms with Crippen LogP contribution in [0.25, 0.3) is 22.9 Å². The molecule has 9 heteroatoms. The summed E-state index contributed by atoms with van der Waals surface area (Å²) >= 11 is 1.18. The Labute approximate surface area is 188 Å². The first-order chi connectivity index (χ1) is 15.6. The Hall–Kier alpha value is -3.72. The molecule has 0 bridgehead atoms. The number of hydrogen-bond donors (Lipinski definition) is 0. The van der Waals surface area contributed by atoms with Crippen LogP contribution in [-0.2, 0) is 16.0 Å². The summed E-state index contributed by atoms with van der Waals surface area (Å²) in [5.41, 5.74) is 2.27. The topological polar surface area (TPSA) is 108 Å². The van der Waals surface area contributed by atoms with Crippen molar-refractivity contribution < 1.29 is 23.2 Å². The average Bonchev–Trinajstić information content (AvgIpc) is 3.52. The van der Waals surface area contributed by atoms with E-state index >= 15 is 0 Å². The molecule has 8 nitrogen and oxygen atoms in total. The van der Waals surface area contributed by atoms with Crippen molar-refractivity contribution in [1.29, 1.82) is 0 Å². The fourth-order valence-corrected chi connectivity index (χ4v) is 3.62. The van der Waals surface area contributed by atoms with Crippen LogP contribution in [0, 0.1) is 0 Å². The molecule has 3 aromatic heterocycles. The standard InChI is InChI=1S/C23H19N3O5S/c1-2-29-20(28)13-15-7-9-16(10-8-15)17(27)14-32-23-24-21(18-5-3-11-30-18)22(25-26-23)19-6-4-12-31-19/h3-12H,2,13-14H2,1H3. The summed E-state index contributed by atoms with van der Waals surface area (Å²) in [5.74, 6) is 0.799. The molecule has 1 aromatic carbocycles. The maximum Gasteiger partial charge on any atom is 0.310 e. The highest BCUT2D eigenvalue weighted by Crippen LogP contribution is 2.30. The van der Waals surface area contributed by atoms with Crippen LogP contribution in [0.3, 0.4) is 0 Å². The van der Waals surface area contributed by atoms with Gasteiger partial charge in [0.05, 0.1) is 31.3 Å². The van der Waals surface area contributed by atoms with Crippen molar-refractivity contribution >= 4 is 23.5 Å². The lowest BCUT2D eigenvalue weighted by Crippen LogP contribution is -2.08. The Balaban J connectivity index is 1.45. The molecule has 0 atom stereocenters. The smallest absolute Gasteiger partial charge is 0.310 e. The summed E-state index contributed by atoms with van der Waals surface area (Å²) in [6.07, 6.45) is 3.27. The van der Waals surface area contributed by atoms with Crippen molar-refractivity contribution in [3.8, 4) is 22.9 Å². The predicted octanol–water partition coefficient (Wildman–Crippen LogP) is 4.47. The second kappa shape index (κ2) is 10.1. The molecule has 3 heterocycles. The lowest BCUT2D eigenvalue weighted by atomic mass is 10.1. The normalized spacial score (nSPS) is 10.8.